The summed E-state index contributed by atoms with van der Waals surface area (Å²) in [7, 11) is 0. The van der Waals surface area contributed by atoms with Gasteiger partial charge in [-0.3, -0.25) is 0 Å². The number of hydrogen-bond donors (Lipinski definition) is 1. The lowest BCUT2D eigenvalue weighted by molar-refractivity contribution is -0.138. The average molecular weight is 100 g/mol. The van der Waals surface area contributed by atoms with Gasteiger partial charge in [-0.05, 0) is 0 Å². The Balaban J connectivity index is 2.76. The molecule has 0 aliphatic heterocycles. The van der Waals surface area contributed by atoms with Crippen LogP contribution in [0.3, 0.4) is 0 Å². The van der Waals surface area contributed by atoms with Crippen molar-refractivity contribution in [2.45, 2.75) is 0 Å². The summed E-state index contributed by atoms with van der Waals surface area (Å²) in [6.45, 7) is 0. The maximum atomic E-state index is 7.87. The molecule has 0 saturated heterocycles. The first-order chi connectivity index (χ1) is 3.43. The molecule has 1 aromatic heterocycles. The van der Waals surface area contributed by atoms with E-state index in [1.165, 1.54) is 18.6 Å². The summed E-state index contributed by atoms with van der Waals surface area (Å²) in [6.07, 6.45) is 2.70. The second kappa shape index (κ2) is 1.66. The van der Waals surface area contributed by atoms with Gasteiger partial charge in [0.05, 0.1) is 6.26 Å². The van der Waals surface area contributed by atoms with Gasteiger partial charge in [-0.25, -0.2) is 5.26 Å². The minimum Gasteiger partial charge on any atom is -0.468 e. The van der Waals surface area contributed by atoms with Crippen molar-refractivity contribution in [2.75, 3.05) is 0 Å². The van der Waals surface area contributed by atoms with Crippen LogP contribution in [0.25, 0.3) is 0 Å². The molecule has 0 fully saturated rings. The summed E-state index contributed by atoms with van der Waals surface area (Å²) < 4.78 is 4.52. The van der Waals surface area contributed by atoms with Crippen molar-refractivity contribution in [2.24, 2.45) is 0 Å². The molecule has 3 nitrogen and oxygen atoms in total. The molecule has 0 bridgehead atoms. The smallest absolute Gasteiger partial charge is 0.203 e. The van der Waals surface area contributed by atoms with Crippen molar-refractivity contribution in [3.8, 4) is 5.75 Å². The van der Waals surface area contributed by atoms with Gasteiger partial charge in [0.15, 0.2) is 0 Å². The minimum atomic E-state index is 0.319. The predicted octanol–water partition coefficient (Wildman–Crippen LogP) is 1.13. The van der Waals surface area contributed by atoms with Crippen LogP contribution in [0, 0.1) is 0 Å². The van der Waals surface area contributed by atoms with Crippen molar-refractivity contribution in [1.29, 1.82) is 0 Å². The number of rotatable bonds is 1. The first-order valence-electron chi connectivity index (χ1n) is 1.77. The Morgan fingerprint density at radius 1 is 1.71 bits per heavy atom. The normalized spacial score (nSPS) is 8.71. The van der Waals surface area contributed by atoms with Crippen LogP contribution < -0.4 is 4.89 Å². The molecule has 38 valence electrons. The Hall–Kier alpha value is -0.960. The van der Waals surface area contributed by atoms with E-state index in [4.69, 9.17) is 5.26 Å². The molecule has 0 unspecified atom stereocenters. The minimum absolute atomic E-state index is 0.319. The van der Waals surface area contributed by atoms with Crippen molar-refractivity contribution in [3.05, 3.63) is 18.6 Å². The van der Waals surface area contributed by atoms with Gasteiger partial charge in [0, 0.05) is 6.07 Å². The molecule has 0 saturated carbocycles. The summed E-state index contributed by atoms with van der Waals surface area (Å²) in [6, 6.07) is 1.50. The van der Waals surface area contributed by atoms with Gasteiger partial charge in [0.1, 0.15) is 6.26 Å². The highest BCUT2D eigenvalue weighted by molar-refractivity contribution is 5.11. The van der Waals surface area contributed by atoms with Crippen molar-refractivity contribution < 1.29 is 14.6 Å². The van der Waals surface area contributed by atoms with Crippen LogP contribution in [0.15, 0.2) is 23.0 Å². The highest BCUT2D eigenvalue weighted by Gasteiger charge is 1.87. The second-order valence-electron chi connectivity index (χ2n) is 1.05. The van der Waals surface area contributed by atoms with E-state index in [2.05, 4.69) is 9.30 Å². The zero-order chi connectivity index (χ0) is 5.11. The molecule has 3 heteroatoms. The molecule has 7 heavy (non-hydrogen) atoms. The number of furan rings is 1. The highest BCUT2D eigenvalue weighted by Crippen LogP contribution is 2.07. The molecule has 1 aromatic rings. The summed E-state index contributed by atoms with van der Waals surface area (Å²) in [5.74, 6) is 0.319. The van der Waals surface area contributed by atoms with E-state index in [9.17, 15) is 0 Å². The number of hydrogen-bond acceptors (Lipinski definition) is 3. The Morgan fingerprint density at radius 3 is 2.86 bits per heavy atom. The molecule has 0 amide bonds. The topological polar surface area (TPSA) is 42.6 Å². The van der Waals surface area contributed by atoms with Gasteiger partial charge in [0.25, 0.3) is 0 Å². The Morgan fingerprint density at radius 2 is 2.57 bits per heavy atom. The van der Waals surface area contributed by atoms with E-state index < -0.39 is 0 Å². The average Bonchev–Trinajstić information content (AvgIpc) is 2.14. The third-order valence-corrected chi connectivity index (χ3v) is 0.600. The largest absolute Gasteiger partial charge is 0.468 e. The summed E-state index contributed by atoms with van der Waals surface area (Å²) >= 11 is 0. The molecular formula is C4H4O3. The van der Waals surface area contributed by atoms with Gasteiger partial charge in [-0.15, -0.1) is 0 Å². The van der Waals surface area contributed by atoms with E-state index in [1.54, 1.807) is 0 Å². The Labute approximate surface area is 40.1 Å². The van der Waals surface area contributed by atoms with E-state index in [0.717, 1.165) is 0 Å². The third kappa shape index (κ3) is 0.721. The Kier molecular flexibility index (Phi) is 0.997. The molecule has 1 rings (SSSR count). The molecule has 1 N–H and O–H groups in total. The van der Waals surface area contributed by atoms with Crippen LogP contribution in [-0.4, -0.2) is 5.26 Å². The molecule has 0 spiro atoms. The van der Waals surface area contributed by atoms with E-state index in [-0.39, 0.29) is 0 Å². The highest BCUT2D eigenvalue weighted by atomic mass is 17.1. The molecule has 0 atom stereocenters. The first kappa shape index (κ1) is 4.21. The lowest BCUT2D eigenvalue weighted by atomic mass is 10.6. The van der Waals surface area contributed by atoms with Crippen LogP contribution in [0.4, 0.5) is 0 Å². The van der Waals surface area contributed by atoms with E-state index in [0.29, 0.717) is 5.75 Å². The Bertz CT molecular complexity index is 121. The van der Waals surface area contributed by atoms with Crippen LogP contribution in [0.2, 0.25) is 0 Å². The van der Waals surface area contributed by atoms with Gasteiger partial charge in [-0.2, -0.15) is 0 Å². The van der Waals surface area contributed by atoms with Crippen LogP contribution in [-0.2, 0) is 0 Å². The lowest BCUT2D eigenvalue weighted by Gasteiger charge is -1.81. The molecule has 0 aromatic carbocycles. The SMILES string of the molecule is OOc1ccoc1. The van der Waals surface area contributed by atoms with Gasteiger partial charge < -0.3 is 9.30 Å². The van der Waals surface area contributed by atoms with Crippen molar-refractivity contribution in [3.63, 3.8) is 0 Å². The lowest BCUT2D eigenvalue weighted by Crippen LogP contribution is -1.76. The van der Waals surface area contributed by atoms with Crippen LogP contribution in [0.5, 0.6) is 5.75 Å². The molecule has 0 aliphatic rings. The summed E-state index contributed by atoms with van der Waals surface area (Å²) in [5, 5.41) is 7.87. The third-order valence-electron chi connectivity index (χ3n) is 0.600. The monoisotopic (exact) mass is 100 g/mol. The maximum absolute atomic E-state index is 7.87. The molecule has 0 aliphatic carbocycles. The fourth-order valence-corrected chi connectivity index (χ4v) is 0.304. The standard InChI is InChI=1S/C4H4O3/c5-7-4-1-2-6-3-4/h1-3,5H. The second-order valence-corrected chi connectivity index (χ2v) is 1.05. The quantitative estimate of drug-likeness (QED) is 0.425. The first-order valence-corrected chi connectivity index (χ1v) is 1.77. The molecule has 0 radical (unpaired) electrons. The predicted molar refractivity (Wildman–Crippen MR) is 22.0 cm³/mol. The molecule has 1 heterocycles. The maximum Gasteiger partial charge on any atom is 0.203 e. The fraction of sp³-hybridized carbons (Fsp3) is 0. The fourth-order valence-electron chi connectivity index (χ4n) is 0.304. The van der Waals surface area contributed by atoms with Crippen molar-refractivity contribution >= 4 is 0 Å². The van der Waals surface area contributed by atoms with E-state index >= 15 is 0 Å². The molecular weight excluding hydrogens is 96.0 g/mol. The van der Waals surface area contributed by atoms with Crippen LogP contribution in [0.1, 0.15) is 0 Å². The van der Waals surface area contributed by atoms with Crippen LogP contribution >= 0.6 is 0 Å². The zero-order valence-corrected chi connectivity index (χ0v) is 3.50. The van der Waals surface area contributed by atoms with E-state index in [1.807, 2.05) is 0 Å². The van der Waals surface area contributed by atoms with Gasteiger partial charge in [-0.1, -0.05) is 0 Å². The zero-order valence-electron chi connectivity index (χ0n) is 3.50. The van der Waals surface area contributed by atoms with Crippen molar-refractivity contribution in [1.82, 2.24) is 0 Å². The summed E-state index contributed by atoms with van der Waals surface area (Å²) in [5.41, 5.74) is 0. The summed E-state index contributed by atoms with van der Waals surface area (Å²) in [4.78, 5) is 3.76. The van der Waals surface area contributed by atoms with Gasteiger partial charge in [0.2, 0.25) is 5.75 Å². The van der Waals surface area contributed by atoms with Gasteiger partial charge >= 0.3 is 0 Å².